The fourth-order valence-electron chi connectivity index (χ4n) is 2.33. The average Bonchev–Trinajstić information content (AvgIpc) is 2.55. The molecule has 0 saturated carbocycles. The Kier molecular flexibility index (Phi) is 6.09. The molecule has 23 heavy (non-hydrogen) atoms. The van der Waals surface area contributed by atoms with Gasteiger partial charge in [-0.2, -0.15) is 0 Å². The number of carbonyl (C=O) groups excluding carboxylic acids is 1. The summed E-state index contributed by atoms with van der Waals surface area (Å²) in [5.41, 5.74) is 3.27. The van der Waals surface area contributed by atoms with Gasteiger partial charge < -0.3 is 10.6 Å². The Bertz CT molecular complexity index is 650. The van der Waals surface area contributed by atoms with E-state index in [2.05, 4.69) is 27.5 Å². The Morgan fingerprint density at radius 2 is 1.87 bits per heavy atom. The fraction of sp³-hybridized carbons (Fsp3) is 0.389. The van der Waals surface area contributed by atoms with Crippen molar-refractivity contribution < 1.29 is 4.79 Å². The van der Waals surface area contributed by atoms with E-state index < -0.39 is 0 Å². The summed E-state index contributed by atoms with van der Waals surface area (Å²) in [5.74, 6) is 0.275. The van der Waals surface area contributed by atoms with Crippen molar-refractivity contribution in [2.75, 3.05) is 17.2 Å². The fourth-order valence-corrected chi connectivity index (χ4v) is 2.33. The molecule has 0 unspecified atom stereocenters. The van der Waals surface area contributed by atoms with Gasteiger partial charge in [0, 0.05) is 18.4 Å². The van der Waals surface area contributed by atoms with Crippen LogP contribution in [0.25, 0.3) is 0 Å². The number of aryl methyl sites for hydroxylation is 2. The highest BCUT2D eigenvalue weighted by Gasteiger charge is 2.11. The van der Waals surface area contributed by atoms with Gasteiger partial charge in [-0.25, -0.2) is 9.97 Å². The Labute approximate surface area is 137 Å². The molecule has 1 heterocycles. The number of hydrogen-bond acceptors (Lipinski definition) is 4. The van der Waals surface area contributed by atoms with Crippen LogP contribution in [0.15, 0.2) is 30.5 Å². The summed E-state index contributed by atoms with van der Waals surface area (Å²) in [5, 5.41) is 6.10. The summed E-state index contributed by atoms with van der Waals surface area (Å²) in [4.78, 5) is 20.9. The largest absolute Gasteiger partial charge is 0.354 e. The molecule has 0 atom stereocenters. The zero-order chi connectivity index (χ0) is 16.7. The van der Waals surface area contributed by atoms with E-state index in [-0.39, 0.29) is 5.91 Å². The summed E-state index contributed by atoms with van der Waals surface area (Å²) in [6.45, 7) is 6.93. The normalized spacial score (nSPS) is 10.4. The average molecular weight is 312 g/mol. The molecule has 0 aliphatic rings. The first-order valence-electron chi connectivity index (χ1n) is 8.06. The van der Waals surface area contributed by atoms with Crippen LogP contribution in [0.5, 0.6) is 0 Å². The summed E-state index contributed by atoms with van der Waals surface area (Å²) < 4.78 is 0. The number of para-hydroxylation sites is 1. The van der Waals surface area contributed by atoms with Crippen molar-refractivity contribution >= 4 is 17.5 Å². The van der Waals surface area contributed by atoms with Gasteiger partial charge in [-0.15, -0.1) is 0 Å². The molecular weight excluding hydrogens is 288 g/mol. The van der Waals surface area contributed by atoms with Crippen LogP contribution in [-0.4, -0.2) is 22.4 Å². The second kappa shape index (κ2) is 8.27. The van der Waals surface area contributed by atoms with Gasteiger partial charge in [-0.05, 0) is 37.5 Å². The van der Waals surface area contributed by atoms with E-state index in [1.54, 1.807) is 12.3 Å². The summed E-state index contributed by atoms with van der Waals surface area (Å²) in [6.07, 6.45) is 5.01. The van der Waals surface area contributed by atoms with Crippen molar-refractivity contribution in [1.82, 2.24) is 9.97 Å². The SMILES string of the molecule is CCCCCNc1nccc(C(=O)Nc2c(C)cccc2C)n1. The van der Waals surface area contributed by atoms with Gasteiger partial charge in [0.05, 0.1) is 0 Å². The number of hydrogen-bond donors (Lipinski definition) is 2. The molecule has 1 aromatic carbocycles. The van der Waals surface area contributed by atoms with Crippen molar-refractivity contribution in [3.05, 3.63) is 47.3 Å². The third kappa shape index (κ3) is 4.77. The molecule has 1 amide bonds. The molecule has 0 saturated heterocycles. The number of unbranched alkanes of at least 4 members (excludes halogenated alkanes) is 2. The molecule has 122 valence electrons. The molecule has 2 aromatic rings. The topological polar surface area (TPSA) is 66.9 Å². The zero-order valence-corrected chi connectivity index (χ0v) is 14.0. The maximum atomic E-state index is 12.4. The Morgan fingerprint density at radius 1 is 1.13 bits per heavy atom. The quantitative estimate of drug-likeness (QED) is 0.760. The van der Waals surface area contributed by atoms with Crippen molar-refractivity contribution in [3.8, 4) is 0 Å². The number of rotatable bonds is 7. The highest BCUT2D eigenvalue weighted by molar-refractivity contribution is 6.03. The first-order valence-corrected chi connectivity index (χ1v) is 8.06. The summed E-state index contributed by atoms with van der Waals surface area (Å²) in [7, 11) is 0. The van der Waals surface area contributed by atoms with Gasteiger partial charge >= 0.3 is 0 Å². The van der Waals surface area contributed by atoms with Crippen molar-refractivity contribution in [2.24, 2.45) is 0 Å². The van der Waals surface area contributed by atoms with Crippen LogP contribution < -0.4 is 10.6 Å². The first kappa shape index (κ1) is 16.9. The van der Waals surface area contributed by atoms with Crippen LogP contribution in [-0.2, 0) is 0 Å². The number of nitrogens with zero attached hydrogens (tertiary/aromatic N) is 2. The van der Waals surface area contributed by atoms with E-state index in [0.29, 0.717) is 11.6 Å². The van der Waals surface area contributed by atoms with E-state index in [9.17, 15) is 4.79 Å². The minimum atomic E-state index is -0.221. The second-order valence-corrected chi connectivity index (χ2v) is 5.62. The molecule has 0 bridgehead atoms. The van der Waals surface area contributed by atoms with Crippen LogP contribution in [0.4, 0.5) is 11.6 Å². The van der Waals surface area contributed by atoms with E-state index in [0.717, 1.165) is 29.8 Å². The van der Waals surface area contributed by atoms with Gasteiger partial charge in [0.1, 0.15) is 5.69 Å². The first-order chi connectivity index (χ1) is 11.1. The van der Waals surface area contributed by atoms with E-state index in [4.69, 9.17) is 0 Å². The zero-order valence-electron chi connectivity index (χ0n) is 14.0. The predicted octanol–water partition coefficient (Wildman–Crippen LogP) is 3.95. The Balaban J connectivity index is 2.05. The van der Waals surface area contributed by atoms with Crippen molar-refractivity contribution in [1.29, 1.82) is 0 Å². The minimum absolute atomic E-state index is 0.221. The number of aromatic nitrogens is 2. The van der Waals surface area contributed by atoms with Crippen LogP contribution in [0.3, 0.4) is 0 Å². The number of carbonyl (C=O) groups is 1. The second-order valence-electron chi connectivity index (χ2n) is 5.62. The molecule has 0 aliphatic heterocycles. The monoisotopic (exact) mass is 312 g/mol. The molecule has 0 radical (unpaired) electrons. The molecule has 2 rings (SSSR count). The van der Waals surface area contributed by atoms with Gasteiger partial charge in [-0.1, -0.05) is 38.0 Å². The van der Waals surface area contributed by atoms with E-state index in [1.165, 1.54) is 12.8 Å². The lowest BCUT2D eigenvalue weighted by Crippen LogP contribution is -2.17. The summed E-state index contributed by atoms with van der Waals surface area (Å²) in [6, 6.07) is 7.55. The lowest BCUT2D eigenvalue weighted by atomic mass is 10.1. The van der Waals surface area contributed by atoms with Crippen molar-refractivity contribution in [2.45, 2.75) is 40.0 Å². The number of benzene rings is 1. The number of amides is 1. The number of anilines is 2. The highest BCUT2D eigenvalue weighted by Crippen LogP contribution is 2.20. The molecule has 0 aliphatic carbocycles. The van der Waals surface area contributed by atoms with Crippen LogP contribution >= 0.6 is 0 Å². The minimum Gasteiger partial charge on any atom is -0.354 e. The maximum Gasteiger partial charge on any atom is 0.274 e. The molecular formula is C18H24N4O. The highest BCUT2D eigenvalue weighted by atomic mass is 16.1. The van der Waals surface area contributed by atoms with Gasteiger partial charge in [-0.3, -0.25) is 4.79 Å². The van der Waals surface area contributed by atoms with Crippen LogP contribution in [0.1, 0.15) is 47.8 Å². The Morgan fingerprint density at radius 3 is 2.57 bits per heavy atom. The van der Waals surface area contributed by atoms with E-state index in [1.807, 2.05) is 32.0 Å². The van der Waals surface area contributed by atoms with Crippen LogP contribution in [0.2, 0.25) is 0 Å². The van der Waals surface area contributed by atoms with Gasteiger partial charge in [0.2, 0.25) is 5.95 Å². The third-order valence-electron chi connectivity index (χ3n) is 3.67. The van der Waals surface area contributed by atoms with Gasteiger partial charge in [0.25, 0.3) is 5.91 Å². The standard InChI is InChI=1S/C18H24N4O/c1-4-5-6-11-19-18-20-12-10-15(21-18)17(23)22-16-13(2)8-7-9-14(16)3/h7-10,12H,4-6,11H2,1-3H3,(H,22,23)(H,19,20,21). The summed E-state index contributed by atoms with van der Waals surface area (Å²) >= 11 is 0. The molecule has 0 fully saturated rings. The lowest BCUT2D eigenvalue weighted by Gasteiger charge is -2.11. The molecule has 0 spiro atoms. The molecule has 5 nitrogen and oxygen atoms in total. The molecule has 5 heteroatoms. The number of nitrogens with one attached hydrogen (secondary N) is 2. The third-order valence-corrected chi connectivity index (χ3v) is 3.67. The van der Waals surface area contributed by atoms with E-state index >= 15 is 0 Å². The molecule has 2 N–H and O–H groups in total. The molecule has 1 aromatic heterocycles. The predicted molar refractivity (Wildman–Crippen MR) is 93.9 cm³/mol. The lowest BCUT2D eigenvalue weighted by molar-refractivity contribution is 0.102. The van der Waals surface area contributed by atoms with Crippen LogP contribution in [0, 0.1) is 13.8 Å². The van der Waals surface area contributed by atoms with Crippen molar-refractivity contribution in [3.63, 3.8) is 0 Å². The Hall–Kier alpha value is -2.43. The smallest absolute Gasteiger partial charge is 0.274 e. The van der Waals surface area contributed by atoms with Gasteiger partial charge in [0.15, 0.2) is 0 Å². The maximum absolute atomic E-state index is 12.4.